The summed E-state index contributed by atoms with van der Waals surface area (Å²) >= 11 is 0. The molecule has 1 aliphatic rings. The fourth-order valence-electron chi connectivity index (χ4n) is 2.82. The highest BCUT2D eigenvalue weighted by atomic mass is 15.3. The second-order valence-electron chi connectivity index (χ2n) is 5.25. The number of aromatic nitrogens is 2. The van der Waals surface area contributed by atoms with Gasteiger partial charge in [0.2, 0.25) is 5.95 Å². The molecule has 3 rings (SSSR count). The van der Waals surface area contributed by atoms with Gasteiger partial charge >= 0.3 is 0 Å². The summed E-state index contributed by atoms with van der Waals surface area (Å²) in [6.45, 7) is 7.59. The number of benzene rings is 1. The number of nitrogens with zero attached hydrogens (tertiary/aromatic N) is 4. The lowest BCUT2D eigenvalue weighted by atomic mass is 10.2. The summed E-state index contributed by atoms with van der Waals surface area (Å²) < 4.78 is 0. The van der Waals surface area contributed by atoms with Crippen LogP contribution in [0.1, 0.15) is 13.3 Å². The van der Waals surface area contributed by atoms with Crippen LogP contribution >= 0.6 is 0 Å². The fourth-order valence-corrected chi connectivity index (χ4v) is 2.82. The Kier molecular flexibility index (Phi) is 3.69. The summed E-state index contributed by atoms with van der Waals surface area (Å²) in [4.78, 5) is 13.6. The molecule has 0 atom stereocenters. The molecule has 1 aromatic carbocycles. The van der Waals surface area contributed by atoms with Crippen LogP contribution in [0, 0.1) is 0 Å². The Morgan fingerprint density at radius 2 is 1.85 bits per heavy atom. The van der Waals surface area contributed by atoms with Crippen molar-refractivity contribution in [1.29, 1.82) is 0 Å². The normalized spacial score (nSPS) is 16.8. The zero-order valence-electron chi connectivity index (χ0n) is 11.9. The van der Waals surface area contributed by atoms with Gasteiger partial charge in [0, 0.05) is 31.6 Å². The molecule has 5 nitrogen and oxygen atoms in total. The molecule has 106 valence electrons. The maximum absolute atomic E-state index is 5.85. The van der Waals surface area contributed by atoms with Crippen LogP contribution in [0.5, 0.6) is 0 Å². The highest BCUT2D eigenvalue weighted by Gasteiger charge is 2.19. The number of fused-ring (bicyclic) bond motifs is 1. The van der Waals surface area contributed by atoms with Crippen LogP contribution in [0.4, 0.5) is 11.8 Å². The van der Waals surface area contributed by atoms with E-state index in [4.69, 9.17) is 5.73 Å². The van der Waals surface area contributed by atoms with Crippen LogP contribution in [0.2, 0.25) is 0 Å². The molecule has 2 N–H and O–H groups in total. The monoisotopic (exact) mass is 271 g/mol. The third-order valence-corrected chi connectivity index (χ3v) is 3.81. The smallest absolute Gasteiger partial charge is 0.222 e. The summed E-state index contributed by atoms with van der Waals surface area (Å²) in [6.07, 6.45) is 1.21. The van der Waals surface area contributed by atoms with E-state index in [0.717, 1.165) is 42.9 Å². The molecule has 1 saturated heterocycles. The summed E-state index contributed by atoms with van der Waals surface area (Å²) in [5.41, 5.74) is 6.77. The van der Waals surface area contributed by atoms with Gasteiger partial charge in [-0.05, 0) is 25.1 Å². The van der Waals surface area contributed by atoms with E-state index < -0.39 is 0 Å². The first-order chi connectivity index (χ1) is 9.78. The maximum atomic E-state index is 5.85. The zero-order valence-corrected chi connectivity index (χ0v) is 11.9. The largest absolute Gasteiger partial charge is 0.368 e. The molecule has 0 saturated carbocycles. The van der Waals surface area contributed by atoms with Crippen molar-refractivity contribution in [1.82, 2.24) is 14.9 Å². The van der Waals surface area contributed by atoms with Gasteiger partial charge in [-0.15, -0.1) is 0 Å². The van der Waals surface area contributed by atoms with Crippen molar-refractivity contribution >= 4 is 22.7 Å². The average molecular weight is 271 g/mol. The second kappa shape index (κ2) is 5.63. The van der Waals surface area contributed by atoms with Crippen LogP contribution < -0.4 is 10.6 Å². The first-order valence-corrected chi connectivity index (χ1v) is 7.27. The number of hydrogen-bond donors (Lipinski definition) is 1. The van der Waals surface area contributed by atoms with E-state index in [-0.39, 0.29) is 0 Å². The first-order valence-electron chi connectivity index (χ1n) is 7.27. The molecular weight excluding hydrogens is 250 g/mol. The zero-order chi connectivity index (χ0) is 13.9. The number of rotatable bonds is 3. The van der Waals surface area contributed by atoms with Crippen molar-refractivity contribution in [3.05, 3.63) is 24.3 Å². The summed E-state index contributed by atoms with van der Waals surface area (Å²) in [6, 6.07) is 8.07. The number of para-hydroxylation sites is 1. The van der Waals surface area contributed by atoms with Gasteiger partial charge in [-0.25, -0.2) is 4.98 Å². The van der Waals surface area contributed by atoms with Crippen molar-refractivity contribution in [3.8, 4) is 0 Å². The van der Waals surface area contributed by atoms with Crippen molar-refractivity contribution in [2.45, 2.75) is 13.3 Å². The minimum Gasteiger partial charge on any atom is -0.368 e. The molecule has 2 heterocycles. The van der Waals surface area contributed by atoms with E-state index in [1.165, 1.54) is 13.0 Å². The Labute approximate surface area is 119 Å². The number of piperazine rings is 1. The molecule has 0 bridgehead atoms. The summed E-state index contributed by atoms with van der Waals surface area (Å²) in [5.74, 6) is 1.33. The predicted octanol–water partition coefficient (Wildman–Crippen LogP) is 1.74. The van der Waals surface area contributed by atoms with E-state index in [2.05, 4.69) is 32.8 Å². The molecule has 1 fully saturated rings. The Bertz CT molecular complexity index is 590. The van der Waals surface area contributed by atoms with Crippen molar-refractivity contribution < 1.29 is 0 Å². The van der Waals surface area contributed by atoms with Crippen LogP contribution in [-0.2, 0) is 0 Å². The molecule has 0 spiro atoms. The third-order valence-electron chi connectivity index (χ3n) is 3.81. The van der Waals surface area contributed by atoms with Crippen LogP contribution in [-0.4, -0.2) is 47.6 Å². The number of nitrogens with two attached hydrogens (primary N) is 1. The molecule has 5 heteroatoms. The SMILES string of the molecule is CCCN1CCN(c2nc(N)nc3ccccc23)CC1. The van der Waals surface area contributed by atoms with E-state index >= 15 is 0 Å². The second-order valence-corrected chi connectivity index (χ2v) is 5.25. The Morgan fingerprint density at radius 1 is 1.10 bits per heavy atom. The summed E-state index contributed by atoms with van der Waals surface area (Å²) in [5, 5.41) is 1.09. The van der Waals surface area contributed by atoms with Gasteiger partial charge < -0.3 is 10.6 Å². The lowest BCUT2D eigenvalue weighted by molar-refractivity contribution is 0.258. The van der Waals surface area contributed by atoms with Crippen LogP contribution in [0.15, 0.2) is 24.3 Å². The standard InChI is InChI=1S/C15H21N5/c1-2-7-19-8-10-20(11-9-19)14-12-5-3-4-6-13(12)17-15(16)18-14/h3-6H,2,7-11H2,1H3,(H2,16,17,18). The molecular formula is C15H21N5. The quantitative estimate of drug-likeness (QED) is 0.921. The average Bonchev–Trinajstić information content (AvgIpc) is 2.47. The molecule has 1 aliphatic heterocycles. The van der Waals surface area contributed by atoms with Gasteiger partial charge in [0.15, 0.2) is 0 Å². The number of anilines is 2. The van der Waals surface area contributed by atoms with Gasteiger partial charge in [0.25, 0.3) is 0 Å². The molecule has 2 aromatic rings. The molecule has 0 aliphatic carbocycles. The third kappa shape index (κ3) is 2.54. The van der Waals surface area contributed by atoms with E-state index in [0.29, 0.717) is 5.95 Å². The van der Waals surface area contributed by atoms with E-state index in [9.17, 15) is 0 Å². The number of hydrogen-bond acceptors (Lipinski definition) is 5. The van der Waals surface area contributed by atoms with Gasteiger partial charge in [-0.3, -0.25) is 4.90 Å². The molecule has 1 aromatic heterocycles. The molecule has 0 radical (unpaired) electrons. The van der Waals surface area contributed by atoms with E-state index in [1.807, 2.05) is 18.2 Å². The van der Waals surface area contributed by atoms with Crippen molar-refractivity contribution in [3.63, 3.8) is 0 Å². The summed E-state index contributed by atoms with van der Waals surface area (Å²) in [7, 11) is 0. The molecule has 20 heavy (non-hydrogen) atoms. The van der Waals surface area contributed by atoms with Gasteiger partial charge in [-0.1, -0.05) is 19.1 Å². The Morgan fingerprint density at radius 3 is 2.60 bits per heavy atom. The highest BCUT2D eigenvalue weighted by Crippen LogP contribution is 2.25. The van der Waals surface area contributed by atoms with Gasteiger partial charge in [0.05, 0.1) is 5.52 Å². The topological polar surface area (TPSA) is 58.3 Å². The van der Waals surface area contributed by atoms with E-state index in [1.54, 1.807) is 0 Å². The fraction of sp³-hybridized carbons (Fsp3) is 0.467. The van der Waals surface area contributed by atoms with Crippen molar-refractivity contribution in [2.24, 2.45) is 0 Å². The molecule has 0 amide bonds. The first kappa shape index (κ1) is 13.1. The predicted molar refractivity (Wildman–Crippen MR) is 82.9 cm³/mol. The highest BCUT2D eigenvalue weighted by molar-refractivity contribution is 5.90. The Balaban J connectivity index is 1.87. The number of nitrogen functional groups attached to an aromatic ring is 1. The van der Waals surface area contributed by atoms with Crippen LogP contribution in [0.25, 0.3) is 10.9 Å². The molecule has 0 unspecified atom stereocenters. The van der Waals surface area contributed by atoms with Gasteiger partial charge in [-0.2, -0.15) is 4.98 Å². The lowest BCUT2D eigenvalue weighted by Gasteiger charge is -2.35. The van der Waals surface area contributed by atoms with Crippen LogP contribution in [0.3, 0.4) is 0 Å². The lowest BCUT2D eigenvalue weighted by Crippen LogP contribution is -2.47. The minimum absolute atomic E-state index is 0.356. The minimum atomic E-state index is 0.356. The van der Waals surface area contributed by atoms with Gasteiger partial charge in [0.1, 0.15) is 5.82 Å². The van der Waals surface area contributed by atoms with Crippen molar-refractivity contribution in [2.75, 3.05) is 43.4 Å². The maximum Gasteiger partial charge on any atom is 0.222 e. The Hall–Kier alpha value is -1.88.